The van der Waals surface area contributed by atoms with Crippen molar-refractivity contribution in [2.24, 2.45) is 0 Å². The number of carbonyl (C=O) groups excluding carboxylic acids is 1. The second-order valence-electron chi connectivity index (χ2n) is 6.75. The first-order chi connectivity index (χ1) is 13.2. The number of rotatable bonds is 5. The SMILES string of the molecule is Cc1cc(C)c(S(=O)(=O)NC(C)C(=O)Nc2cc(C(F)(F)F)ccc2Cl)c(C)c1. The zero-order valence-corrected chi connectivity index (χ0v) is 17.7. The van der Waals surface area contributed by atoms with Gasteiger partial charge in [0.05, 0.1) is 27.2 Å². The molecule has 2 rings (SSSR count). The van der Waals surface area contributed by atoms with E-state index in [4.69, 9.17) is 11.6 Å². The summed E-state index contributed by atoms with van der Waals surface area (Å²) in [5.74, 6) is -0.850. The summed E-state index contributed by atoms with van der Waals surface area (Å²) < 4.78 is 66.3. The minimum absolute atomic E-state index is 0.0554. The molecule has 0 aliphatic rings. The number of anilines is 1. The van der Waals surface area contributed by atoms with E-state index in [1.54, 1.807) is 26.0 Å². The molecule has 0 aliphatic heterocycles. The average molecular weight is 449 g/mol. The lowest BCUT2D eigenvalue weighted by molar-refractivity contribution is -0.137. The van der Waals surface area contributed by atoms with E-state index in [0.717, 1.165) is 17.7 Å². The summed E-state index contributed by atoms with van der Waals surface area (Å²) in [7, 11) is -4.04. The highest BCUT2D eigenvalue weighted by Crippen LogP contribution is 2.34. The van der Waals surface area contributed by atoms with Gasteiger partial charge >= 0.3 is 6.18 Å². The van der Waals surface area contributed by atoms with Crippen LogP contribution in [0.15, 0.2) is 35.2 Å². The van der Waals surface area contributed by atoms with Crippen LogP contribution in [0.4, 0.5) is 18.9 Å². The molecule has 2 aromatic carbocycles. The molecule has 0 spiro atoms. The van der Waals surface area contributed by atoms with Crippen molar-refractivity contribution < 1.29 is 26.4 Å². The van der Waals surface area contributed by atoms with Crippen molar-refractivity contribution in [2.75, 3.05) is 5.32 Å². The molecule has 0 bridgehead atoms. The van der Waals surface area contributed by atoms with E-state index in [1.807, 2.05) is 6.92 Å². The van der Waals surface area contributed by atoms with E-state index in [0.29, 0.717) is 17.2 Å². The van der Waals surface area contributed by atoms with Gasteiger partial charge in [-0.15, -0.1) is 0 Å². The molecule has 2 aromatic rings. The summed E-state index contributed by atoms with van der Waals surface area (Å²) in [6.07, 6.45) is -4.61. The number of aryl methyl sites for hydroxylation is 3. The Morgan fingerprint density at radius 1 is 1.07 bits per heavy atom. The summed E-state index contributed by atoms with van der Waals surface area (Å²) in [5, 5.41) is 2.13. The molecule has 1 atom stereocenters. The molecule has 0 saturated heterocycles. The van der Waals surface area contributed by atoms with Crippen molar-refractivity contribution in [2.45, 2.75) is 44.8 Å². The third kappa shape index (κ3) is 5.49. The first-order valence-corrected chi connectivity index (χ1v) is 10.4. The minimum Gasteiger partial charge on any atom is -0.323 e. The lowest BCUT2D eigenvalue weighted by atomic mass is 10.1. The normalized spacial score (nSPS) is 13.2. The fourth-order valence-electron chi connectivity index (χ4n) is 2.97. The Bertz CT molecular complexity index is 1030. The summed E-state index contributed by atoms with van der Waals surface area (Å²) in [4.78, 5) is 12.4. The van der Waals surface area contributed by atoms with E-state index in [1.165, 1.54) is 6.92 Å². The van der Waals surface area contributed by atoms with Crippen LogP contribution in [0.5, 0.6) is 0 Å². The largest absolute Gasteiger partial charge is 0.416 e. The number of nitrogens with one attached hydrogen (secondary N) is 2. The van der Waals surface area contributed by atoms with Crippen molar-refractivity contribution in [3.8, 4) is 0 Å². The molecule has 2 N–H and O–H groups in total. The van der Waals surface area contributed by atoms with E-state index >= 15 is 0 Å². The lowest BCUT2D eigenvalue weighted by Crippen LogP contribution is -2.42. The zero-order valence-electron chi connectivity index (χ0n) is 16.1. The van der Waals surface area contributed by atoms with Crippen molar-refractivity contribution in [3.63, 3.8) is 0 Å². The number of halogens is 4. The van der Waals surface area contributed by atoms with E-state index in [9.17, 15) is 26.4 Å². The third-order valence-electron chi connectivity index (χ3n) is 4.15. The van der Waals surface area contributed by atoms with Crippen molar-refractivity contribution in [1.29, 1.82) is 0 Å². The summed E-state index contributed by atoms with van der Waals surface area (Å²) in [6.45, 7) is 6.40. The van der Waals surface area contributed by atoms with Crippen LogP contribution in [0.25, 0.3) is 0 Å². The molecule has 0 aliphatic carbocycles. The molecule has 0 radical (unpaired) electrons. The van der Waals surface area contributed by atoms with Crippen molar-refractivity contribution >= 4 is 33.2 Å². The van der Waals surface area contributed by atoms with Gasteiger partial charge in [-0.05, 0) is 57.0 Å². The molecule has 0 fully saturated rings. The smallest absolute Gasteiger partial charge is 0.323 e. The Morgan fingerprint density at radius 2 is 1.62 bits per heavy atom. The Kier molecular flexibility index (Phi) is 6.66. The van der Waals surface area contributed by atoms with E-state index in [-0.39, 0.29) is 15.6 Å². The van der Waals surface area contributed by atoms with Gasteiger partial charge in [0.25, 0.3) is 0 Å². The minimum atomic E-state index is -4.61. The highest BCUT2D eigenvalue weighted by atomic mass is 35.5. The summed E-state index contributed by atoms with van der Waals surface area (Å²) >= 11 is 5.86. The standard InChI is InChI=1S/C19H20ClF3N2O3S/c1-10-7-11(2)17(12(3)8-10)29(27,28)25-13(4)18(26)24-16-9-14(19(21,22)23)5-6-15(16)20/h5-9,13,25H,1-4H3,(H,24,26). The zero-order chi connectivity index (χ0) is 22.1. The first-order valence-electron chi connectivity index (χ1n) is 8.50. The Balaban J connectivity index is 2.24. The quantitative estimate of drug-likeness (QED) is 0.702. The van der Waals surface area contributed by atoms with Crippen LogP contribution < -0.4 is 10.0 Å². The van der Waals surface area contributed by atoms with E-state index in [2.05, 4.69) is 10.0 Å². The fourth-order valence-corrected chi connectivity index (χ4v) is 4.79. The van der Waals surface area contributed by atoms with Crippen LogP contribution in [-0.4, -0.2) is 20.4 Å². The average Bonchev–Trinajstić information content (AvgIpc) is 2.53. The van der Waals surface area contributed by atoms with Gasteiger partial charge in [-0.3, -0.25) is 4.79 Å². The maximum absolute atomic E-state index is 12.9. The molecule has 10 heteroatoms. The van der Waals surface area contributed by atoms with E-state index < -0.39 is 33.7 Å². The molecule has 29 heavy (non-hydrogen) atoms. The second kappa shape index (κ2) is 8.33. The van der Waals surface area contributed by atoms with Gasteiger partial charge in [0.2, 0.25) is 15.9 Å². The van der Waals surface area contributed by atoms with Gasteiger partial charge in [-0.25, -0.2) is 8.42 Å². The van der Waals surface area contributed by atoms with Gasteiger partial charge in [-0.1, -0.05) is 29.3 Å². The number of benzene rings is 2. The number of hydrogen-bond donors (Lipinski definition) is 2. The molecular weight excluding hydrogens is 429 g/mol. The highest BCUT2D eigenvalue weighted by molar-refractivity contribution is 7.89. The highest BCUT2D eigenvalue weighted by Gasteiger charge is 2.31. The molecule has 5 nitrogen and oxygen atoms in total. The number of hydrogen-bond acceptors (Lipinski definition) is 3. The summed E-state index contributed by atoms with van der Waals surface area (Å²) in [6, 6.07) is 4.63. The molecule has 0 saturated carbocycles. The predicted molar refractivity (Wildman–Crippen MR) is 106 cm³/mol. The second-order valence-corrected chi connectivity index (χ2v) is 8.81. The maximum atomic E-state index is 12.9. The van der Waals surface area contributed by atoms with Gasteiger partial charge in [0.1, 0.15) is 0 Å². The number of carbonyl (C=O) groups is 1. The van der Waals surface area contributed by atoms with Crippen molar-refractivity contribution in [1.82, 2.24) is 4.72 Å². The first kappa shape index (κ1) is 23.2. The monoisotopic (exact) mass is 448 g/mol. The Labute approximate surface area is 172 Å². The van der Waals surface area contributed by atoms with Crippen LogP contribution in [-0.2, 0) is 21.0 Å². The van der Waals surface area contributed by atoms with Crippen LogP contribution in [0, 0.1) is 20.8 Å². The fraction of sp³-hybridized carbons (Fsp3) is 0.316. The lowest BCUT2D eigenvalue weighted by Gasteiger charge is -2.18. The van der Waals surface area contributed by atoms with Crippen LogP contribution in [0.1, 0.15) is 29.2 Å². The number of sulfonamides is 1. The van der Waals surface area contributed by atoms with Gasteiger partial charge in [0.15, 0.2) is 0 Å². The van der Waals surface area contributed by atoms with Crippen molar-refractivity contribution in [3.05, 3.63) is 57.6 Å². The van der Waals surface area contributed by atoms with Crippen LogP contribution in [0.2, 0.25) is 5.02 Å². The number of alkyl halides is 3. The molecule has 0 heterocycles. The Hall–Kier alpha value is -2.10. The van der Waals surface area contributed by atoms with Crippen LogP contribution in [0.3, 0.4) is 0 Å². The van der Waals surface area contributed by atoms with Gasteiger partial charge < -0.3 is 5.32 Å². The summed E-state index contributed by atoms with van der Waals surface area (Å²) in [5.41, 5.74) is 0.674. The molecule has 1 unspecified atom stereocenters. The Morgan fingerprint density at radius 3 is 2.14 bits per heavy atom. The predicted octanol–water partition coefficient (Wildman–Crippen LogP) is 4.59. The molecule has 0 aromatic heterocycles. The third-order valence-corrected chi connectivity index (χ3v) is 6.33. The topological polar surface area (TPSA) is 75.3 Å². The molecule has 158 valence electrons. The van der Waals surface area contributed by atoms with Gasteiger partial charge in [-0.2, -0.15) is 17.9 Å². The van der Waals surface area contributed by atoms with Gasteiger partial charge in [0, 0.05) is 0 Å². The number of amides is 1. The maximum Gasteiger partial charge on any atom is 0.416 e. The molecular formula is C19H20ClF3N2O3S. The van der Waals surface area contributed by atoms with Crippen LogP contribution >= 0.6 is 11.6 Å². The molecule has 1 amide bonds.